The molecule has 39 heavy (non-hydrogen) atoms. The maximum Gasteiger partial charge on any atom is 0.416 e. The van der Waals surface area contributed by atoms with Gasteiger partial charge in [0.15, 0.2) is 9.84 Å². The number of halogens is 3. The summed E-state index contributed by atoms with van der Waals surface area (Å²) in [5.74, 6) is -2.34. The van der Waals surface area contributed by atoms with Crippen LogP contribution in [0.3, 0.4) is 0 Å². The van der Waals surface area contributed by atoms with Crippen LogP contribution in [-0.2, 0) is 20.8 Å². The Labute approximate surface area is 228 Å². The zero-order valence-corrected chi connectivity index (χ0v) is 22.8. The fraction of sp³-hybridized carbons (Fsp3) is 0.440. The van der Waals surface area contributed by atoms with Crippen LogP contribution >= 0.6 is 11.8 Å². The molecule has 0 bridgehead atoms. The fourth-order valence-corrected chi connectivity index (χ4v) is 6.53. The average Bonchev–Trinajstić information content (AvgIpc) is 2.89. The van der Waals surface area contributed by atoms with Gasteiger partial charge in [-0.1, -0.05) is 11.2 Å². The number of carbonyl (C=O) groups is 2. The molecule has 14 heteroatoms. The molecule has 2 aromatic rings. The molecule has 0 unspecified atom stereocenters. The van der Waals surface area contributed by atoms with E-state index >= 15 is 0 Å². The van der Waals surface area contributed by atoms with Crippen LogP contribution in [0.1, 0.15) is 42.1 Å². The van der Waals surface area contributed by atoms with Gasteiger partial charge in [0, 0.05) is 27.5 Å². The van der Waals surface area contributed by atoms with Crippen molar-refractivity contribution in [2.45, 2.75) is 60.3 Å². The van der Waals surface area contributed by atoms with Gasteiger partial charge < -0.3 is 10.6 Å². The molecule has 0 aliphatic heterocycles. The van der Waals surface area contributed by atoms with Crippen LogP contribution in [0, 0.1) is 5.92 Å². The van der Waals surface area contributed by atoms with Crippen molar-refractivity contribution in [1.82, 2.24) is 10.6 Å². The second-order valence-electron chi connectivity index (χ2n) is 9.28. The predicted octanol–water partition coefficient (Wildman–Crippen LogP) is 4.98. The van der Waals surface area contributed by atoms with Crippen molar-refractivity contribution in [1.29, 1.82) is 0 Å². The van der Waals surface area contributed by atoms with Crippen LogP contribution in [0.4, 0.5) is 13.2 Å². The van der Waals surface area contributed by atoms with Gasteiger partial charge >= 0.3 is 6.18 Å². The number of alkyl halides is 3. The largest absolute Gasteiger partial charge is 0.416 e. The number of benzene rings is 2. The molecule has 0 radical (unpaired) electrons. The number of hydrogen-bond donors (Lipinski definition) is 2. The van der Waals surface area contributed by atoms with E-state index in [0.29, 0.717) is 18.9 Å². The van der Waals surface area contributed by atoms with E-state index in [0.717, 1.165) is 17.0 Å². The first-order valence-electron chi connectivity index (χ1n) is 12.0. The van der Waals surface area contributed by atoms with Crippen molar-refractivity contribution in [3.8, 4) is 0 Å². The van der Waals surface area contributed by atoms with E-state index in [1.165, 1.54) is 36.9 Å². The Morgan fingerprint density at radius 3 is 2.49 bits per heavy atom. The lowest BCUT2D eigenvalue weighted by Crippen LogP contribution is -2.52. The SMILES string of the molecule is CSc1ccc(S(=O)(=O)C[C@@H]2C[C@H](N=[N+]=[N-])CC[C@@H]2NC(=O)[C@@H](C)NC(=O)c2cccc(C(F)(F)F)c2)cc1. The van der Waals surface area contributed by atoms with Gasteiger partial charge in [-0.15, -0.1) is 11.8 Å². The van der Waals surface area contributed by atoms with Gasteiger partial charge in [0.25, 0.3) is 5.91 Å². The average molecular weight is 584 g/mol. The van der Waals surface area contributed by atoms with Crippen molar-refractivity contribution in [3.05, 3.63) is 70.1 Å². The Morgan fingerprint density at radius 2 is 1.87 bits per heavy atom. The van der Waals surface area contributed by atoms with Gasteiger partial charge in [0.2, 0.25) is 5.91 Å². The smallest absolute Gasteiger partial charge is 0.351 e. The van der Waals surface area contributed by atoms with Gasteiger partial charge in [-0.25, -0.2) is 8.42 Å². The minimum absolute atomic E-state index is 0.137. The third-order valence-electron chi connectivity index (χ3n) is 6.54. The number of hydrogen-bond acceptors (Lipinski definition) is 6. The van der Waals surface area contributed by atoms with Crippen LogP contribution in [-0.4, -0.2) is 50.4 Å². The summed E-state index contributed by atoms with van der Waals surface area (Å²) in [6, 6.07) is 8.17. The Morgan fingerprint density at radius 1 is 1.18 bits per heavy atom. The molecule has 3 rings (SSSR count). The number of carbonyl (C=O) groups excluding carboxylic acids is 2. The third kappa shape index (κ3) is 8.13. The van der Waals surface area contributed by atoms with E-state index in [4.69, 9.17) is 5.53 Å². The van der Waals surface area contributed by atoms with E-state index < -0.39 is 57.4 Å². The molecular formula is C25H28F3N5O4S2. The van der Waals surface area contributed by atoms with Crippen molar-refractivity contribution in [3.63, 3.8) is 0 Å². The highest BCUT2D eigenvalue weighted by atomic mass is 32.2. The number of nitrogens with one attached hydrogen (secondary N) is 2. The lowest BCUT2D eigenvalue weighted by molar-refractivity contribution is -0.137. The molecule has 2 aromatic carbocycles. The van der Waals surface area contributed by atoms with Crippen LogP contribution in [0.15, 0.2) is 63.4 Å². The molecule has 0 heterocycles. The summed E-state index contributed by atoms with van der Waals surface area (Å²) in [7, 11) is -3.74. The summed E-state index contributed by atoms with van der Waals surface area (Å²) in [5, 5.41) is 8.91. The number of thioether (sulfide) groups is 1. The minimum Gasteiger partial charge on any atom is -0.351 e. The summed E-state index contributed by atoms with van der Waals surface area (Å²) in [6.07, 6.45) is -1.74. The highest BCUT2D eigenvalue weighted by Crippen LogP contribution is 2.31. The maximum absolute atomic E-state index is 13.2. The summed E-state index contributed by atoms with van der Waals surface area (Å²) < 4.78 is 65.3. The Bertz CT molecular complexity index is 1350. The second kappa shape index (κ2) is 12.8. The molecule has 4 atom stereocenters. The predicted molar refractivity (Wildman–Crippen MR) is 141 cm³/mol. The summed E-state index contributed by atoms with van der Waals surface area (Å²) in [5.41, 5.74) is 7.61. The van der Waals surface area contributed by atoms with Crippen molar-refractivity contribution in [2.75, 3.05) is 12.0 Å². The highest BCUT2D eigenvalue weighted by molar-refractivity contribution is 7.98. The van der Waals surface area contributed by atoms with Gasteiger partial charge in [-0.3, -0.25) is 9.59 Å². The monoisotopic (exact) mass is 583 g/mol. The van der Waals surface area contributed by atoms with Crippen LogP contribution in [0.2, 0.25) is 0 Å². The standard InChI is InChI=1S/C25H28F3N5O4S2/c1-15(30-24(35)16-4-3-5-18(12-16)25(26,27)28)23(34)31-22-11-6-19(32-33-29)13-17(22)14-39(36,37)21-9-7-20(38-2)8-10-21/h3-5,7-10,12,15,17,19,22H,6,11,13-14H2,1-2H3,(H,30,35)(H,31,34)/t15-,17+,19-,22+/m1/s1. The zero-order chi connectivity index (χ0) is 28.8. The van der Waals surface area contributed by atoms with Crippen molar-refractivity contribution in [2.24, 2.45) is 11.0 Å². The van der Waals surface area contributed by atoms with Crippen LogP contribution in [0.5, 0.6) is 0 Å². The second-order valence-corrected chi connectivity index (χ2v) is 12.2. The third-order valence-corrected chi connectivity index (χ3v) is 9.14. The fourth-order valence-electron chi connectivity index (χ4n) is 4.44. The molecule has 2 amide bonds. The first-order valence-corrected chi connectivity index (χ1v) is 14.9. The molecule has 1 aliphatic carbocycles. The number of azide groups is 1. The Balaban J connectivity index is 1.71. The number of amides is 2. The van der Waals surface area contributed by atoms with Gasteiger partial charge in [0.1, 0.15) is 6.04 Å². The van der Waals surface area contributed by atoms with E-state index in [1.807, 2.05) is 6.26 Å². The number of rotatable bonds is 9. The van der Waals surface area contributed by atoms with E-state index in [9.17, 15) is 31.2 Å². The van der Waals surface area contributed by atoms with Gasteiger partial charge in [-0.2, -0.15) is 13.2 Å². The zero-order valence-electron chi connectivity index (χ0n) is 21.2. The molecule has 1 aliphatic rings. The molecule has 0 spiro atoms. The molecular weight excluding hydrogens is 555 g/mol. The summed E-state index contributed by atoms with van der Waals surface area (Å²) in [6.45, 7) is 1.38. The Kier molecular flexibility index (Phi) is 9.92. The highest BCUT2D eigenvalue weighted by Gasteiger charge is 2.36. The number of sulfone groups is 1. The summed E-state index contributed by atoms with van der Waals surface area (Å²) >= 11 is 1.48. The van der Waals surface area contributed by atoms with E-state index in [1.54, 1.807) is 12.1 Å². The molecule has 9 nitrogen and oxygen atoms in total. The molecule has 1 saturated carbocycles. The lowest BCUT2D eigenvalue weighted by atomic mass is 9.82. The normalized spacial score (nSPS) is 20.4. The quantitative estimate of drug-likeness (QED) is 0.185. The molecule has 0 saturated heterocycles. The van der Waals surface area contributed by atoms with E-state index in [-0.39, 0.29) is 22.6 Å². The van der Waals surface area contributed by atoms with E-state index in [2.05, 4.69) is 20.7 Å². The van der Waals surface area contributed by atoms with Gasteiger partial charge in [0.05, 0.1) is 16.2 Å². The molecule has 2 N–H and O–H groups in total. The molecule has 1 fully saturated rings. The molecule has 0 aromatic heterocycles. The van der Waals surface area contributed by atoms with Crippen molar-refractivity contribution < 1.29 is 31.2 Å². The van der Waals surface area contributed by atoms with Crippen LogP contribution < -0.4 is 10.6 Å². The topological polar surface area (TPSA) is 141 Å². The minimum atomic E-state index is -4.62. The lowest BCUT2D eigenvalue weighted by Gasteiger charge is -2.35. The first-order chi connectivity index (χ1) is 18.3. The summed E-state index contributed by atoms with van der Waals surface area (Å²) in [4.78, 5) is 29.3. The first kappa shape index (κ1) is 30.3. The Hall–Kier alpha value is -3.22. The van der Waals surface area contributed by atoms with Crippen molar-refractivity contribution >= 4 is 33.4 Å². The van der Waals surface area contributed by atoms with Crippen LogP contribution in [0.25, 0.3) is 10.4 Å². The molecule has 210 valence electrons. The van der Waals surface area contributed by atoms with Gasteiger partial charge in [-0.05, 0) is 86.4 Å². The number of nitrogens with zero attached hydrogens (tertiary/aromatic N) is 3. The maximum atomic E-state index is 13.2.